The fourth-order valence-corrected chi connectivity index (χ4v) is 2.91. The molecule has 1 saturated carbocycles. The van der Waals surface area contributed by atoms with E-state index in [0.29, 0.717) is 12.6 Å². The SMILES string of the molecule is COCC1(C(=O)NC(C)CC2CC2)CCNCC1. The number of nitrogens with one attached hydrogen (secondary N) is 2. The van der Waals surface area contributed by atoms with Crippen molar-refractivity contribution in [1.82, 2.24) is 10.6 Å². The predicted molar refractivity (Wildman–Crippen MR) is 71.4 cm³/mol. The zero-order valence-corrected chi connectivity index (χ0v) is 11.6. The van der Waals surface area contributed by atoms with Gasteiger partial charge in [-0.2, -0.15) is 0 Å². The molecule has 0 radical (unpaired) electrons. The Labute approximate surface area is 110 Å². The first kappa shape index (κ1) is 13.8. The van der Waals surface area contributed by atoms with E-state index in [1.165, 1.54) is 12.8 Å². The minimum atomic E-state index is -0.308. The molecule has 104 valence electrons. The summed E-state index contributed by atoms with van der Waals surface area (Å²) >= 11 is 0. The standard InChI is InChI=1S/C14H26N2O2/c1-11(9-12-3-4-12)16-13(17)14(10-18-2)5-7-15-8-6-14/h11-12,15H,3-10H2,1-2H3,(H,16,17). The van der Waals surface area contributed by atoms with E-state index in [2.05, 4.69) is 17.6 Å². The van der Waals surface area contributed by atoms with Crippen LogP contribution in [-0.4, -0.2) is 38.8 Å². The van der Waals surface area contributed by atoms with Crippen molar-refractivity contribution in [3.8, 4) is 0 Å². The number of carbonyl (C=O) groups is 1. The quantitative estimate of drug-likeness (QED) is 0.751. The minimum absolute atomic E-state index is 0.194. The number of hydrogen-bond acceptors (Lipinski definition) is 3. The molecule has 0 aromatic heterocycles. The van der Waals surface area contributed by atoms with Crippen LogP contribution >= 0.6 is 0 Å². The van der Waals surface area contributed by atoms with Crippen LogP contribution in [0, 0.1) is 11.3 Å². The molecule has 0 aromatic carbocycles. The second-order valence-corrected chi connectivity index (χ2v) is 6.02. The Morgan fingerprint density at radius 1 is 1.44 bits per heavy atom. The van der Waals surface area contributed by atoms with E-state index in [1.807, 2.05) is 0 Å². The Bertz CT molecular complexity index is 278. The fourth-order valence-electron chi connectivity index (χ4n) is 2.91. The van der Waals surface area contributed by atoms with Crippen molar-refractivity contribution in [2.24, 2.45) is 11.3 Å². The lowest BCUT2D eigenvalue weighted by molar-refractivity contribution is -0.136. The van der Waals surface area contributed by atoms with Gasteiger partial charge in [0.25, 0.3) is 0 Å². The van der Waals surface area contributed by atoms with Crippen molar-refractivity contribution in [3.05, 3.63) is 0 Å². The summed E-state index contributed by atoms with van der Waals surface area (Å²) in [7, 11) is 1.69. The molecule has 0 aromatic rings. The first-order chi connectivity index (χ1) is 8.66. The number of methoxy groups -OCH3 is 1. The van der Waals surface area contributed by atoms with Crippen LogP contribution in [0.2, 0.25) is 0 Å². The van der Waals surface area contributed by atoms with Crippen LogP contribution in [0.25, 0.3) is 0 Å². The lowest BCUT2D eigenvalue weighted by Gasteiger charge is -2.36. The number of carbonyl (C=O) groups excluding carboxylic acids is 1. The zero-order chi connectivity index (χ0) is 13.0. The highest BCUT2D eigenvalue weighted by molar-refractivity contribution is 5.83. The van der Waals surface area contributed by atoms with Gasteiger partial charge in [0, 0.05) is 13.2 Å². The molecule has 1 aliphatic heterocycles. The van der Waals surface area contributed by atoms with E-state index >= 15 is 0 Å². The highest BCUT2D eigenvalue weighted by Gasteiger charge is 2.40. The summed E-state index contributed by atoms with van der Waals surface area (Å²) in [5.41, 5.74) is -0.308. The van der Waals surface area contributed by atoms with Gasteiger partial charge in [-0.05, 0) is 45.2 Å². The molecule has 2 rings (SSSR count). The molecule has 4 heteroatoms. The predicted octanol–water partition coefficient (Wildman–Crippen LogP) is 1.31. The van der Waals surface area contributed by atoms with E-state index in [0.717, 1.165) is 38.3 Å². The van der Waals surface area contributed by atoms with Gasteiger partial charge < -0.3 is 15.4 Å². The van der Waals surface area contributed by atoms with E-state index in [-0.39, 0.29) is 11.3 Å². The Hall–Kier alpha value is -0.610. The van der Waals surface area contributed by atoms with Gasteiger partial charge in [0.1, 0.15) is 0 Å². The molecule has 1 atom stereocenters. The van der Waals surface area contributed by atoms with Gasteiger partial charge in [-0.25, -0.2) is 0 Å². The summed E-state index contributed by atoms with van der Waals surface area (Å²) in [6, 6.07) is 0.300. The molecule has 2 fully saturated rings. The van der Waals surface area contributed by atoms with Crippen LogP contribution in [0.4, 0.5) is 0 Å². The summed E-state index contributed by atoms with van der Waals surface area (Å²) in [6.45, 7) is 4.48. The van der Waals surface area contributed by atoms with Crippen molar-refractivity contribution < 1.29 is 9.53 Å². The first-order valence-corrected chi connectivity index (χ1v) is 7.17. The summed E-state index contributed by atoms with van der Waals surface area (Å²) in [5, 5.41) is 6.51. The van der Waals surface area contributed by atoms with Gasteiger partial charge in [0.2, 0.25) is 5.91 Å². The molecular formula is C14H26N2O2. The number of hydrogen-bond donors (Lipinski definition) is 2. The monoisotopic (exact) mass is 254 g/mol. The molecule has 1 amide bonds. The van der Waals surface area contributed by atoms with E-state index in [1.54, 1.807) is 7.11 Å². The molecular weight excluding hydrogens is 228 g/mol. The highest BCUT2D eigenvalue weighted by Crippen LogP contribution is 2.34. The third-order valence-corrected chi connectivity index (χ3v) is 4.22. The average molecular weight is 254 g/mol. The summed E-state index contributed by atoms with van der Waals surface area (Å²) in [5.74, 6) is 1.05. The number of piperidine rings is 1. The maximum atomic E-state index is 12.5. The van der Waals surface area contributed by atoms with E-state index in [4.69, 9.17) is 4.74 Å². The Kier molecular flexibility index (Phi) is 4.62. The molecule has 4 nitrogen and oxygen atoms in total. The molecule has 2 aliphatic rings. The van der Waals surface area contributed by atoms with Crippen molar-refractivity contribution in [2.75, 3.05) is 26.8 Å². The molecule has 2 N–H and O–H groups in total. The van der Waals surface area contributed by atoms with Crippen molar-refractivity contribution >= 4 is 5.91 Å². The second-order valence-electron chi connectivity index (χ2n) is 6.02. The Morgan fingerprint density at radius 2 is 2.11 bits per heavy atom. The van der Waals surface area contributed by atoms with Gasteiger partial charge in [-0.3, -0.25) is 4.79 Å². The van der Waals surface area contributed by atoms with Gasteiger partial charge in [0.05, 0.1) is 12.0 Å². The van der Waals surface area contributed by atoms with Crippen LogP contribution in [0.3, 0.4) is 0 Å². The number of ether oxygens (including phenoxy) is 1. The molecule has 0 spiro atoms. The summed E-state index contributed by atoms with van der Waals surface area (Å²) < 4.78 is 5.29. The number of amides is 1. The topological polar surface area (TPSA) is 50.4 Å². The van der Waals surface area contributed by atoms with Crippen LogP contribution in [-0.2, 0) is 9.53 Å². The third kappa shape index (κ3) is 3.45. The summed E-state index contributed by atoms with van der Waals surface area (Å²) in [4.78, 5) is 12.5. The largest absolute Gasteiger partial charge is 0.384 e. The fraction of sp³-hybridized carbons (Fsp3) is 0.929. The van der Waals surface area contributed by atoms with Crippen LogP contribution in [0.15, 0.2) is 0 Å². The van der Waals surface area contributed by atoms with Gasteiger partial charge in [-0.15, -0.1) is 0 Å². The molecule has 18 heavy (non-hydrogen) atoms. The number of rotatable bonds is 6. The third-order valence-electron chi connectivity index (χ3n) is 4.22. The van der Waals surface area contributed by atoms with Gasteiger partial charge >= 0.3 is 0 Å². The Morgan fingerprint density at radius 3 is 2.67 bits per heavy atom. The highest BCUT2D eigenvalue weighted by atomic mass is 16.5. The van der Waals surface area contributed by atoms with Crippen LogP contribution in [0.1, 0.15) is 39.0 Å². The lowest BCUT2D eigenvalue weighted by atomic mass is 9.78. The smallest absolute Gasteiger partial charge is 0.228 e. The molecule has 1 saturated heterocycles. The molecule has 0 bridgehead atoms. The normalized spacial score (nSPS) is 24.6. The van der Waals surface area contributed by atoms with Gasteiger partial charge in [0.15, 0.2) is 0 Å². The van der Waals surface area contributed by atoms with Crippen molar-refractivity contribution in [3.63, 3.8) is 0 Å². The van der Waals surface area contributed by atoms with E-state index in [9.17, 15) is 4.79 Å². The molecule has 1 heterocycles. The molecule has 1 unspecified atom stereocenters. The second kappa shape index (κ2) is 6.02. The lowest BCUT2D eigenvalue weighted by Crippen LogP contribution is -2.52. The maximum absolute atomic E-state index is 12.5. The first-order valence-electron chi connectivity index (χ1n) is 7.17. The van der Waals surface area contributed by atoms with Crippen LogP contribution in [0.5, 0.6) is 0 Å². The molecule has 1 aliphatic carbocycles. The van der Waals surface area contributed by atoms with Crippen molar-refractivity contribution in [1.29, 1.82) is 0 Å². The Balaban J connectivity index is 1.89. The van der Waals surface area contributed by atoms with E-state index < -0.39 is 0 Å². The van der Waals surface area contributed by atoms with Crippen LogP contribution < -0.4 is 10.6 Å². The zero-order valence-electron chi connectivity index (χ0n) is 11.6. The average Bonchev–Trinajstić information content (AvgIpc) is 3.14. The summed E-state index contributed by atoms with van der Waals surface area (Å²) in [6.07, 6.45) is 5.57. The maximum Gasteiger partial charge on any atom is 0.228 e. The minimum Gasteiger partial charge on any atom is -0.384 e. The van der Waals surface area contributed by atoms with Gasteiger partial charge in [-0.1, -0.05) is 12.8 Å². The van der Waals surface area contributed by atoms with Crippen molar-refractivity contribution in [2.45, 2.75) is 45.1 Å².